The van der Waals surface area contributed by atoms with Crippen LogP contribution < -0.4 is 0 Å². The van der Waals surface area contributed by atoms with Gasteiger partial charge in [-0.1, -0.05) is 31.2 Å². The van der Waals surface area contributed by atoms with Gasteiger partial charge in [0.05, 0.1) is 6.10 Å². The standard InChI is InChI=1S/C15H21NO/c1-10-9-14(16(2)11-7-8-11)15(17)13-6-4-3-5-12(10)13/h3-6,10-11,14-15,17H,7-9H2,1-2H3. The number of hydrogen-bond donors (Lipinski definition) is 1. The van der Waals surface area contributed by atoms with E-state index in [-0.39, 0.29) is 6.10 Å². The van der Waals surface area contributed by atoms with Crippen molar-refractivity contribution in [3.63, 3.8) is 0 Å². The summed E-state index contributed by atoms with van der Waals surface area (Å²) in [5, 5.41) is 10.5. The minimum atomic E-state index is -0.312. The van der Waals surface area contributed by atoms with Crippen LogP contribution in [0.1, 0.15) is 49.3 Å². The van der Waals surface area contributed by atoms with Crippen molar-refractivity contribution in [2.24, 2.45) is 0 Å². The first-order chi connectivity index (χ1) is 8.18. The van der Waals surface area contributed by atoms with E-state index in [9.17, 15) is 5.11 Å². The van der Waals surface area contributed by atoms with Crippen LogP contribution in [0.5, 0.6) is 0 Å². The Morgan fingerprint density at radius 3 is 2.47 bits per heavy atom. The predicted octanol–water partition coefficient (Wildman–Crippen LogP) is 2.69. The Bertz CT molecular complexity index is 413. The molecule has 0 aromatic heterocycles. The lowest BCUT2D eigenvalue weighted by Gasteiger charge is -2.39. The van der Waals surface area contributed by atoms with Crippen LogP contribution in [0.4, 0.5) is 0 Å². The molecule has 1 aromatic carbocycles. The molecule has 3 atom stereocenters. The van der Waals surface area contributed by atoms with Crippen molar-refractivity contribution in [2.75, 3.05) is 7.05 Å². The van der Waals surface area contributed by atoms with E-state index in [1.165, 1.54) is 18.4 Å². The number of hydrogen-bond acceptors (Lipinski definition) is 2. The number of aliphatic hydroxyl groups is 1. The fraction of sp³-hybridized carbons (Fsp3) is 0.600. The number of likely N-dealkylation sites (N-methyl/N-ethyl adjacent to an activating group) is 1. The van der Waals surface area contributed by atoms with Gasteiger partial charge in [-0.2, -0.15) is 0 Å². The van der Waals surface area contributed by atoms with Gasteiger partial charge >= 0.3 is 0 Å². The molecule has 0 spiro atoms. The van der Waals surface area contributed by atoms with E-state index in [0.717, 1.165) is 12.0 Å². The Hall–Kier alpha value is -0.860. The Kier molecular flexibility index (Phi) is 2.72. The van der Waals surface area contributed by atoms with Gasteiger partial charge in [-0.3, -0.25) is 4.90 Å². The van der Waals surface area contributed by atoms with Crippen LogP contribution in [-0.2, 0) is 0 Å². The molecular formula is C15H21NO. The maximum Gasteiger partial charge on any atom is 0.0948 e. The fourth-order valence-electron chi connectivity index (χ4n) is 3.20. The van der Waals surface area contributed by atoms with Crippen LogP contribution in [0, 0.1) is 0 Å². The molecule has 1 N–H and O–H groups in total. The van der Waals surface area contributed by atoms with E-state index >= 15 is 0 Å². The third kappa shape index (κ3) is 1.90. The van der Waals surface area contributed by atoms with Crippen LogP contribution in [0.3, 0.4) is 0 Å². The lowest BCUT2D eigenvalue weighted by molar-refractivity contribution is 0.0409. The van der Waals surface area contributed by atoms with Gasteiger partial charge in [0.25, 0.3) is 0 Å². The molecule has 3 rings (SSSR count). The summed E-state index contributed by atoms with van der Waals surface area (Å²) >= 11 is 0. The largest absolute Gasteiger partial charge is 0.387 e. The second kappa shape index (κ2) is 4.11. The second-order valence-corrected chi connectivity index (χ2v) is 5.67. The lowest BCUT2D eigenvalue weighted by atomic mass is 9.79. The van der Waals surface area contributed by atoms with Crippen molar-refractivity contribution in [3.05, 3.63) is 35.4 Å². The molecule has 0 heterocycles. The van der Waals surface area contributed by atoms with Gasteiger partial charge in [-0.15, -0.1) is 0 Å². The molecule has 1 aromatic rings. The summed E-state index contributed by atoms with van der Waals surface area (Å²) in [5.74, 6) is 0.556. The van der Waals surface area contributed by atoms with Gasteiger partial charge in [-0.05, 0) is 43.4 Å². The topological polar surface area (TPSA) is 23.5 Å². The molecule has 2 aliphatic rings. The molecule has 92 valence electrons. The van der Waals surface area contributed by atoms with Gasteiger partial charge in [0, 0.05) is 12.1 Å². The number of aliphatic hydroxyl groups excluding tert-OH is 1. The van der Waals surface area contributed by atoms with Gasteiger partial charge in [0.2, 0.25) is 0 Å². The van der Waals surface area contributed by atoms with Crippen molar-refractivity contribution < 1.29 is 5.11 Å². The van der Waals surface area contributed by atoms with Crippen molar-refractivity contribution in [2.45, 2.75) is 50.3 Å². The minimum absolute atomic E-state index is 0.299. The van der Waals surface area contributed by atoms with Crippen LogP contribution in [0.25, 0.3) is 0 Å². The second-order valence-electron chi connectivity index (χ2n) is 5.67. The van der Waals surface area contributed by atoms with Gasteiger partial charge in [-0.25, -0.2) is 0 Å². The quantitative estimate of drug-likeness (QED) is 0.846. The zero-order valence-corrected chi connectivity index (χ0v) is 10.6. The molecule has 3 unspecified atom stereocenters. The van der Waals surface area contributed by atoms with Gasteiger partial charge in [0.1, 0.15) is 0 Å². The molecule has 2 aliphatic carbocycles. The summed E-state index contributed by atoms with van der Waals surface area (Å²) in [7, 11) is 2.17. The average molecular weight is 231 g/mol. The van der Waals surface area contributed by atoms with Crippen LogP contribution in [0.2, 0.25) is 0 Å². The molecule has 0 amide bonds. The molecule has 0 aliphatic heterocycles. The predicted molar refractivity (Wildman–Crippen MR) is 69.0 cm³/mol. The Balaban J connectivity index is 1.91. The van der Waals surface area contributed by atoms with E-state index in [0.29, 0.717) is 18.0 Å². The monoisotopic (exact) mass is 231 g/mol. The van der Waals surface area contributed by atoms with E-state index in [1.54, 1.807) is 0 Å². The number of fused-ring (bicyclic) bond motifs is 1. The van der Waals surface area contributed by atoms with E-state index in [1.807, 2.05) is 6.07 Å². The third-order valence-corrected chi connectivity index (χ3v) is 4.45. The molecule has 2 heteroatoms. The van der Waals surface area contributed by atoms with Crippen molar-refractivity contribution in [3.8, 4) is 0 Å². The maximum absolute atomic E-state index is 10.5. The summed E-state index contributed by atoms with van der Waals surface area (Å²) in [6.07, 6.45) is 3.37. The molecule has 1 fully saturated rings. The Labute approximate surface area is 103 Å². The number of benzene rings is 1. The van der Waals surface area contributed by atoms with Gasteiger partial charge in [0.15, 0.2) is 0 Å². The highest BCUT2D eigenvalue weighted by atomic mass is 16.3. The highest BCUT2D eigenvalue weighted by Gasteiger charge is 2.39. The number of rotatable bonds is 2. The summed E-state index contributed by atoms with van der Waals surface area (Å²) < 4.78 is 0. The van der Waals surface area contributed by atoms with Crippen LogP contribution in [0.15, 0.2) is 24.3 Å². The van der Waals surface area contributed by atoms with Gasteiger partial charge < -0.3 is 5.11 Å². The zero-order valence-electron chi connectivity index (χ0n) is 10.6. The first-order valence-electron chi connectivity index (χ1n) is 6.67. The Morgan fingerprint density at radius 1 is 1.18 bits per heavy atom. The normalized spacial score (nSPS) is 32.6. The molecule has 2 nitrogen and oxygen atoms in total. The van der Waals surface area contributed by atoms with E-state index in [2.05, 4.69) is 37.1 Å². The highest BCUT2D eigenvalue weighted by molar-refractivity contribution is 5.35. The average Bonchev–Trinajstić information content (AvgIpc) is 3.17. The molecule has 17 heavy (non-hydrogen) atoms. The van der Waals surface area contributed by atoms with Crippen LogP contribution in [-0.4, -0.2) is 29.1 Å². The molecule has 0 bridgehead atoms. The molecule has 1 saturated carbocycles. The fourth-order valence-corrected chi connectivity index (χ4v) is 3.20. The summed E-state index contributed by atoms with van der Waals surface area (Å²) in [6.45, 7) is 2.28. The zero-order chi connectivity index (χ0) is 12.0. The molecule has 0 radical (unpaired) electrons. The van der Waals surface area contributed by atoms with Crippen molar-refractivity contribution in [1.82, 2.24) is 4.90 Å². The van der Waals surface area contributed by atoms with E-state index in [4.69, 9.17) is 0 Å². The SMILES string of the molecule is CC1CC(N(C)C2CC2)C(O)c2ccccc21. The van der Waals surface area contributed by atoms with E-state index < -0.39 is 0 Å². The first kappa shape index (κ1) is 11.2. The molecular weight excluding hydrogens is 210 g/mol. The highest BCUT2D eigenvalue weighted by Crippen LogP contribution is 2.41. The minimum Gasteiger partial charge on any atom is -0.387 e. The first-order valence-corrected chi connectivity index (χ1v) is 6.67. The van der Waals surface area contributed by atoms with Crippen LogP contribution >= 0.6 is 0 Å². The van der Waals surface area contributed by atoms with Crippen molar-refractivity contribution >= 4 is 0 Å². The third-order valence-electron chi connectivity index (χ3n) is 4.45. The summed E-state index contributed by atoms with van der Waals surface area (Å²) in [5.41, 5.74) is 2.48. The summed E-state index contributed by atoms with van der Waals surface area (Å²) in [6, 6.07) is 9.38. The summed E-state index contributed by atoms with van der Waals surface area (Å²) in [4.78, 5) is 2.40. The number of nitrogens with zero attached hydrogens (tertiary/aromatic N) is 1. The smallest absolute Gasteiger partial charge is 0.0948 e. The Morgan fingerprint density at radius 2 is 1.82 bits per heavy atom. The molecule has 0 saturated heterocycles. The van der Waals surface area contributed by atoms with Crippen molar-refractivity contribution in [1.29, 1.82) is 0 Å². The maximum atomic E-state index is 10.5. The lowest BCUT2D eigenvalue weighted by Crippen LogP contribution is -2.41.